The molecule has 32 heavy (non-hydrogen) atoms. The van der Waals surface area contributed by atoms with Crippen LogP contribution in [-0.2, 0) is 5.60 Å². The van der Waals surface area contributed by atoms with E-state index in [9.17, 15) is 0 Å². The minimum Gasteiger partial charge on any atom is -0.481 e. The third-order valence-electron chi connectivity index (χ3n) is 7.34. The van der Waals surface area contributed by atoms with Gasteiger partial charge in [-0.1, -0.05) is 50.1 Å². The molecule has 2 aromatic carbocycles. The summed E-state index contributed by atoms with van der Waals surface area (Å²) in [6.07, 6.45) is 0. The smallest absolute Gasteiger partial charge is 0.147 e. The van der Waals surface area contributed by atoms with Crippen LogP contribution in [0.1, 0.15) is 81.8 Å². The number of rotatable bonds is 6. The van der Waals surface area contributed by atoms with Gasteiger partial charge in [0.05, 0.1) is 10.4 Å². The highest BCUT2D eigenvalue weighted by Crippen LogP contribution is 2.53. The molecule has 0 spiro atoms. The molecule has 3 aromatic rings. The highest BCUT2D eigenvalue weighted by molar-refractivity contribution is 7.12. The van der Waals surface area contributed by atoms with E-state index in [4.69, 9.17) is 10.2 Å². The molecule has 2 nitrogen and oxygen atoms in total. The van der Waals surface area contributed by atoms with Crippen molar-refractivity contribution in [2.45, 2.75) is 92.8 Å². The Morgan fingerprint density at radius 3 is 2.06 bits per heavy atom. The number of thiophene rings is 1. The van der Waals surface area contributed by atoms with E-state index < -0.39 is 11.0 Å². The van der Waals surface area contributed by atoms with Crippen LogP contribution in [0.25, 0.3) is 10.8 Å². The monoisotopic (exact) mass is 455 g/mol. The first kappa shape index (κ1) is 19.6. The highest BCUT2D eigenvalue weighted by Gasteiger charge is 2.55. The summed E-state index contributed by atoms with van der Waals surface area (Å²) in [7, 11) is 0. The number of benzene rings is 2. The van der Waals surface area contributed by atoms with Gasteiger partial charge in [0.1, 0.15) is 11.4 Å². The average Bonchev–Trinajstić information content (AvgIpc) is 2.99. The molecule has 1 aromatic heterocycles. The van der Waals surface area contributed by atoms with Crippen molar-refractivity contribution < 1.29 is 10.2 Å². The van der Waals surface area contributed by atoms with E-state index in [-0.39, 0.29) is 40.6 Å². The second kappa shape index (κ2) is 8.18. The van der Waals surface area contributed by atoms with Gasteiger partial charge in [0, 0.05) is 26.8 Å². The third-order valence-corrected chi connectivity index (χ3v) is 8.85. The Kier molecular flexibility index (Phi) is 5.02. The molecule has 3 rings (SSSR count). The molecular formula is C29H41NOS. The van der Waals surface area contributed by atoms with Gasteiger partial charge in [0.25, 0.3) is 0 Å². The lowest BCUT2D eigenvalue weighted by atomic mass is 9.62. The van der Waals surface area contributed by atoms with Gasteiger partial charge in [0.2, 0.25) is 0 Å². The minimum absolute atomic E-state index is 0.0147. The van der Waals surface area contributed by atoms with Crippen LogP contribution in [0.5, 0.6) is 5.75 Å². The summed E-state index contributed by atoms with van der Waals surface area (Å²) in [5.41, 5.74) is 0.657. The summed E-state index contributed by atoms with van der Waals surface area (Å²) >= 11 is 1.74. The van der Waals surface area contributed by atoms with Gasteiger partial charge in [-0.25, -0.2) is 0 Å². The Hall–Kier alpha value is -1.84. The zero-order valence-electron chi connectivity index (χ0n) is 25.5. The first-order valence-corrected chi connectivity index (χ1v) is 12.1. The number of nitrogens with one attached hydrogen (secondary N) is 1. The first-order valence-electron chi connectivity index (χ1n) is 13.3. The molecular weight excluding hydrogens is 410 g/mol. The van der Waals surface area contributed by atoms with Crippen molar-refractivity contribution in [3.63, 3.8) is 0 Å². The summed E-state index contributed by atoms with van der Waals surface area (Å²) in [6.45, 7) is 23.9. The Bertz CT molecular complexity index is 1310. The van der Waals surface area contributed by atoms with Crippen LogP contribution in [-0.4, -0.2) is 11.1 Å². The molecule has 0 aliphatic rings. The van der Waals surface area contributed by atoms with Crippen molar-refractivity contribution in [1.82, 2.24) is 5.32 Å². The Labute approximate surface area is 205 Å². The van der Waals surface area contributed by atoms with Crippen LogP contribution in [0.2, 0.25) is 0 Å². The van der Waals surface area contributed by atoms with Crippen LogP contribution in [0.15, 0.2) is 42.4 Å². The maximum atomic E-state index is 8.48. The van der Waals surface area contributed by atoms with Gasteiger partial charge in [-0.2, -0.15) is 0 Å². The standard InChI is InChI=1S/C29H41NOS/c1-19-20(2)25(32-21(19)3)29(11,27(7,8)28(9,10)30-26(4,5)6)31-24-18-14-16-22-15-12-13-17-23(22)24/h12-18,30H,1-11H3/t29-/m1/s1/i12D,14D,15D,16D. The van der Waals surface area contributed by atoms with Crippen LogP contribution < -0.4 is 10.1 Å². The maximum Gasteiger partial charge on any atom is 0.147 e. The Balaban J connectivity index is 2.36. The first-order chi connectivity index (χ1) is 16.2. The van der Waals surface area contributed by atoms with E-state index in [0.717, 1.165) is 4.88 Å². The highest BCUT2D eigenvalue weighted by atomic mass is 32.1. The molecule has 0 aliphatic heterocycles. The van der Waals surface area contributed by atoms with Crippen LogP contribution in [0.3, 0.4) is 0 Å². The van der Waals surface area contributed by atoms with Gasteiger partial charge in [-0.3, -0.25) is 0 Å². The predicted molar refractivity (Wildman–Crippen MR) is 141 cm³/mol. The largest absolute Gasteiger partial charge is 0.481 e. The molecule has 0 saturated heterocycles. The van der Waals surface area contributed by atoms with Crippen LogP contribution in [0, 0.1) is 26.2 Å². The lowest BCUT2D eigenvalue weighted by molar-refractivity contribution is -0.0827. The number of ether oxygens (including phenoxy) is 1. The van der Waals surface area contributed by atoms with E-state index in [1.807, 2.05) is 0 Å². The summed E-state index contributed by atoms with van der Waals surface area (Å²) in [5, 5.41) is 4.69. The Morgan fingerprint density at radius 2 is 1.50 bits per heavy atom. The van der Waals surface area contributed by atoms with E-state index in [2.05, 4.69) is 81.5 Å². The molecule has 0 amide bonds. The minimum atomic E-state index is -0.826. The van der Waals surface area contributed by atoms with Crippen molar-refractivity contribution in [2.24, 2.45) is 5.41 Å². The summed E-state index contributed by atoms with van der Waals surface area (Å²) < 4.78 is 40.5. The van der Waals surface area contributed by atoms with Crippen molar-refractivity contribution in [3.8, 4) is 5.75 Å². The predicted octanol–water partition coefficient (Wildman–Crippen LogP) is 8.31. The second-order valence-electron chi connectivity index (χ2n) is 11.2. The van der Waals surface area contributed by atoms with Crippen LogP contribution in [0.4, 0.5) is 0 Å². The van der Waals surface area contributed by atoms with Gasteiger partial charge in [0.15, 0.2) is 0 Å². The lowest BCUT2D eigenvalue weighted by Gasteiger charge is -2.55. The molecule has 0 bridgehead atoms. The van der Waals surface area contributed by atoms with Gasteiger partial charge < -0.3 is 10.1 Å². The molecule has 0 aliphatic carbocycles. The molecule has 1 N–H and O–H groups in total. The average molecular weight is 456 g/mol. The van der Waals surface area contributed by atoms with Crippen LogP contribution >= 0.6 is 11.3 Å². The molecule has 174 valence electrons. The zero-order chi connectivity index (χ0) is 27.6. The molecule has 1 atom stereocenters. The van der Waals surface area contributed by atoms with Crippen molar-refractivity contribution in [2.75, 3.05) is 0 Å². The summed E-state index contributed by atoms with van der Waals surface area (Å²) in [5.74, 6) is 0.463. The van der Waals surface area contributed by atoms with E-state index in [1.165, 1.54) is 16.0 Å². The quantitative estimate of drug-likeness (QED) is 0.403. The maximum absolute atomic E-state index is 8.48. The van der Waals surface area contributed by atoms with E-state index >= 15 is 0 Å². The normalized spacial score (nSPS) is 16.8. The molecule has 0 unspecified atom stereocenters. The van der Waals surface area contributed by atoms with E-state index in [0.29, 0.717) is 11.1 Å². The van der Waals surface area contributed by atoms with Gasteiger partial charge in [-0.15, -0.1) is 11.3 Å². The number of hydrogen-bond donors (Lipinski definition) is 1. The number of fused-ring (bicyclic) bond motifs is 1. The van der Waals surface area contributed by atoms with Gasteiger partial charge >= 0.3 is 0 Å². The SMILES string of the molecule is [2H]c1ccc2c(O[C@](C)(c3sc(C)c(C)c3C)C(C)(C)C(C)(C)NC(C)(C)C)cc([2H])c([2H])c2c1[2H]. The third kappa shape index (κ3) is 4.22. The molecule has 3 heteroatoms. The van der Waals surface area contributed by atoms with Gasteiger partial charge in [-0.05, 0) is 84.9 Å². The summed E-state index contributed by atoms with van der Waals surface area (Å²) in [4.78, 5) is 2.37. The molecule has 0 fully saturated rings. The Morgan fingerprint density at radius 1 is 0.875 bits per heavy atom. The fraction of sp³-hybridized carbons (Fsp3) is 0.517. The van der Waals surface area contributed by atoms with Crippen molar-refractivity contribution in [3.05, 3.63) is 63.2 Å². The lowest BCUT2D eigenvalue weighted by Crippen LogP contribution is -2.65. The summed E-state index contributed by atoms with van der Waals surface area (Å²) in [6, 6.07) is 4.82. The molecule has 0 saturated carbocycles. The number of hydrogen-bond acceptors (Lipinski definition) is 3. The fourth-order valence-electron chi connectivity index (χ4n) is 4.59. The molecule has 1 heterocycles. The molecule has 0 radical (unpaired) electrons. The zero-order valence-corrected chi connectivity index (χ0v) is 22.4. The van der Waals surface area contributed by atoms with Crippen molar-refractivity contribution >= 4 is 22.1 Å². The second-order valence-corrected chi connectivity index (χ2v) is 12.4. The fourth-order valence-corrected chi connectivity index (χ4v) is 6.00. The number of aryl methyl sites for hydroxylation is 1. The topological polar surface area (TPSA) is 21.3 Å². The van der Waals surface area contributed by atoms with E-state index in [1.54, 1.807) is 29.5 Å². The van der Waals surface area contributed by atoms with Crippen molar-refractivity contribution in [1.29, 1.82) is 0 Å².